The number of hydrogen-bond acceptors (Lipinski definition) is 6. The second kappa shape index (κ2) is 35.5. The topological polar surface area (TPSA) is 99.1 Å². The van der Waals surface area contributed by atoms with Crippen LogP contribution in [0.2, 0.25) is 0 Å². The third-order valence-electron chi connectivity index (χ3n) is 8.27. The lowest BCUT2D eigenvalue weighted by Gasteiger charge is -2.31. The van der Waals surface area contributed by atoms with Gasteiger partial charge in [0.05, 0.1) is 34.4 Å². The molecule has 1 N–H and O–H groups in total. The van der Waals surface area contributed by atoms with Gasteiger partial charge in [-0.2, -0.15) is 0 Å². The highest BCUT2D eigenvalue weighted by molar-refractivity contribution is 5.72. The summed E-state index contributed by atoms with van der Waals surface area (Å²) in [7, 11) is 5.48. The Kier molecular flexibility index (Phi) is 33.2. The molecular formula is C45H74NO7+. The van der Waals surface area contributed by atoms with Crippen LogP contribution in [0.1, 0.15) is 129 Å². The van der Waals surface area contributed by atoms with Gasteiger partial charge in [0.15, 0.2) is 12.1 Å². The predicted octanol–water partition coefficient (Wildman–Crippen LogP) is 10.6. The Balaban J connectivity index is 4.54. The minimum Gasteiger partial charge on any atom is -0.477 e. The van der Waals surface area contributed by atoms with E-state index >= 15 is 0 Å². The third-order valence-corrected chi connectivity index (χ3v) is 8.27. The van der Waals surface area contributed by atoms with Crippen molar-refractivity contribution in [3.63, 3.8) is 0 Å². The number of nitrogens with zero attached hydrogens (tertiary/aromatic N) is 1. The number of likely N-dealkylation sites (N-methyl/N-ethyl adjacent to an activating group) is 1. The molecule has 8 heteroatoms. The second-order valence-electron chi connectivity index (χ2n) is 14.1. The number of unbranched alkanes of at least 4 members (excludes halogenated alkanes) is 6. The number of esters is 2. The number of quaternary nitrogens is 1. The van der Waals surface area contributed by atoms with E-state index in [1.807, 2.05) is 33.3 Å². The summed E-state index contributed by atoms with van der Waals surface area (Å²) in [5.41, 5.74) is 0. The van der Waals surface area contributed by atoms with E-state index in [4.69, 9.17) is 14.2 Å². The lowest BCUT2D eigenvalue weighted by atomic mass is 10.1. The van der Waals surface area contributed by atoms with Crippen molar-refractivity contribution in [2.75, 3.05) is 41.0 Å². The summed E-state index contributed by atoms with van der Waals surface area (Å²) in [4.78, 5) is 36.8. The van der Waals surface area contributed by atoms with Crippen LogP contribution in [-0.4, -0.2) is 80.6 Å². The zero-order chi connectivity index (χ0) is 39.3. The lowest BCUT2D eigenvalue weighted by molar-refractivity contribution is -0.887. The molecule has 0 aliphatic rings. The maximum absolute atomic E-state index is 12.6. The molecule has 0 bridgehead atoms. The summed E-state index contributed by atoms with van der Waals surface area (Å²) in [6, 6.07) is -0.632. The van der Waals surface area contributed by atoms with Gasteiger partial charge >= 0.3 is 17.9 Å². The second-order valence-corrected chi connectivity index (χ2v) is 14.1. The molecule has 0 amide bonds. The van der Waals surface area contributed by atoms with E-state index in [0.717, 1.165) is 77.0 Å². The van der Waals surface area contributed by atoms with Crippen LogP contribution in [0.15, 0.2) is 85.1 Å². The molecule has 0 fully saturated rings. The van der Waals surface area contributed by atoms with Crippen molar-refractivity contribution in [1.82, 2.24) is 0 Å². The van der Waals surface area contributed by atoms with Crippen LogP contribution in [-0.2, 0) is 28.6 Å². The summed E-state index contributed by atoms with van der Waals surface area (Å²) in [5.74, 6) is -1.60. The fraction of sp³-hybridized carbons (Fsp3) is 0.622. The number of ether oxygens (including phenoxy) is 3. The quantitative estimate of drug-likeness (QED) is 0.0303. The average molecular weight is 741 g/mol. The molecule has 0 aliphatic heterocycles. The summed E-state index contributed by atoms with van der Waals surface area (Å²) in [5, 5.41) is 9.59. The minimum absolute atomic E-state index is 0.0229. The number of carboxylic acid groups (broad SMARTS) is 1. The maximum Gasteiger partial charge on any atom is 0.362 e. The molecule has 0 rings (SSSR count). The highest BCUT2D eigenvalue weighted by atomic mass is 16.6. The largest absolute Gasteiger partial charge is 0.477 e. The first kappa shape index (κ1) is 49.5. The molecule has 0 radical (unpaired) electrons. The molecule has 0 aromatic carbocycles. The maximum atomic E-state index is 12.6. The zero-order valence-corrected chi connectivity index (χ0v) is 33.9. The van der Waals surface area contributed by atoms with Gasteiger partial charge in [0, 0.05) is 19.3 Å². The number of carbonyl (C=O) groups is 3. The summed E-state index contributed by atoms with van der Waals surface area (Å²) < 4.78 is 17.1. The molecule has 0 spiro atoms. The van der Waals surface area contributed by atoms with E-state index in [0.29, 0.717) is 19.3 Å². The number of hydrogen-bond donors (Lipinski definition) is 1. The first-order valence-corrected chi connectivity index (χ1v) is 20.1. The Morgan fingerprint density at radius 1 is 0.585 bits per heavy atom. The Morgan fingerprint density at radius 2 is 1.09 bits per heavy atom. The van der Waals surface area contributed by atoms with Gasteiger partial charge in [0.25, 0.3) is 0 Å². The van der Waals surface area contributed by atoms with Crippen LogP contribution in [0.3, 0.4) is 0 Å². The van der Waals surface area contributed by atoms with Gasteiger partial charge < -0.3 is 23.8 Å². The summed E-state index contributed by atoms with van der Waals surface area (Å²) in [6.07, 6.45) is 45.0. The van der Waals surface area contributed by atoms with E-state index in [1.54, 1.807) is 0 Å². The summed E-state index contributed by atoms with van der Waals surface area (Å²) in [6.45, 7) is 4.44. The van der Waals surface area contributed by atoms with E-state index in [2.05, 4.69) is 86.8 Å². The standard InChI is InChI=1S/C45H73NO7/c1-6-8-10-12-14-16-18-19-20-21-22-23-24-25-26-28-30-32-34-36-44(48)53-41(39-51-38-37-42(45(49)50)46(3,4)5)40-52-43(47)35-33-31-29-27-17-15-13-11-9-7-2/h8,10-11,13-14,16,19-20,22-23,25-26,30,32,41-42H,6-7,9,12,15,17-18,21,24,27-29,31,33-40H2,1-5H3/p+1/b10-8-,13-11-,16-14-,20-19-,23-22-,26-25-,32-30-. The normalized spacial score (nSPS) is 13.9. The fourth-order valence-corrected chi connectivity index (χ4v) is 5.18. The number of allylic oxidation sites excluding steroid dienone is 14. The van der Waals surface area contributed by atoms with Gasteiger partial charge in [0.1, 0.15) is 6.61 Å². The number of carbonyl (C=O) groups excluding carboxylic acids is 2. The molecule has 2 unspecified atom stereocenters. The molecule has 53 heavy (non-hydrogen) atoms. The first-order chi connectivity index (χ1) is 25.6. The molecular weight excluding hydrogens is 666 g/mol. The van der Waals surface area contributed by atoms with Crippen LogP contribution in [0.5, 0.6) is 0 Å². The van der Waals surface area contributed by atoms with E-state index in [1.165, 1.54) is 12.8 Å². The van der Waals surface area contributed by atoms with E-state index in [9.17, 15) is 19.5 Å². The Labute approximate surface area is 323 Å². The van der Waals surface area contributed by atoms with E-state index < -0.39 is 24.1 Å². The molecule has 0 heterocycles. The van der Waals surface area contributed by atoms with Crippen LogP contribution in [0.4, 0.5) is 0 Å². The van der Waals surface area contributed by atoms with Crippen molar-refractivity contribution in [2.45, 2.75) is 142 Å². The third kappa shape index (κ3) is 34.1. The number of aliphatic carboxylic acids is 1. The Hall–Kier alpha value is -3.49. The molecule has 0 aromatic heterocycles. The van der Waals surface area contributed by atoms with Gasteiger partial charge in [-0.1, -0.05) is 125 Å². The molecule has 0 saturated heterocycles. The smallest absolute Gasteiger partial charge is 0.362 e. The Morgan fingerprint density at radius 3 is 1.64 bits per heavy atom. The average Bonchev–Trinajstić information content (AvgIpc) is 3.11. The van der Waals surface area contributed by atoms with Crippen molar-refractivity contribution in [3.05, 3.63) is 85.1 Å². The molecule has 0 aliphatic carbocycles. The van der Waals surface area contributed by atoms with Crippen LogP contribution in [0.25, 0.3) is 0 Å². The monoisotopic (exact) mass is 741 g/mol. The highest BCUT2D eigenvalue weighted by Crippen LogP contribution is 2.11. The molecule has 2 atom stereocenters. The van der Waals surface area contributed by atoms with Gasteiger partial charge in [-0.25, -0.2) is 4.79 Å². The van der Waals surface area contributed by atoms with Crippen LogP contribution < -0.4 is 0 Å². The van der Waals surface area contributed by atoms with E-state index in [-0.39, 0.29) is 36.7 Å². The van der Waals surface area contributed by atoms with Crippen molar-refractivity contribution in [3.8, 4) is 0 Å². The Bertz CT molecular complexity index is 1140. The summed E-state index contributed by atoms with van der Waals surface area (Å²) >= 11 is 0. The first-order valence-electron chi connectivity index (χ1n) is 20.1. The fourth-order valence-electron chi connectivity index (χ4n) is 5.18. The van der Waals surface area contributed by atoms with Gasteiger partial charge in [0.2, 0.25) is 0 Å². The minimum atomic E-state index is -0.892. The molecule has 8 nitrogen and oxygen atoms in total. The van der Waals surface area contributed by atoms with Crippen LogP contribution in [0, 0.1) is 0 Å². The molecule has 0 saturated carbocycles. The lowest BCUT2D eigenvalue weighted by Crippen LogP contribution is -2.50. The van der Waals surface area contributed by atoms with Crippen LogP contribution >= 0.6 is 0 Å². The molecule has 300 valence electrons. The number of carboxylic acids is 1. The van der Waals surface area contributed by atoms with Crippen molar-refractivity contribution in [1.29, 1.82) is 0 Å². The van der Waals surface area contributed by atoms with Gasteiger partial charge in [-0.05, 0) is 70.6 Å². The predicted molar refractivity (Wildman–Crippen MR) is 220 cm³/mol. The zero-order valence-electron chi connectivity index (χ0n) is 33.9. The van der Waals surface area contributed by atoms with Gasteiger partial charge in [-0.3, -0.25) is 9.59 Å². The number of rotatable bonds is 34. The van der Waals surface area contributed by atoms with Crippen molar-refractivity contribution in [2.24, 2.45) is 0 Å². The van der Waals surface area contributed by atoms with Crippen molar-refractivity contribution >= 4 is 17.9 Å². The SMILES string of the molecule is CC/C=C\C/C=C\C/C=C\C/C=C\C/C=C\C/C=C\CCC(=O)OC(COCCC(C(=O)O)[N+](C)(C)C)COC(=O)CCCCCCC/C=C\CCC. The van der Waals surface area contributed by atoms with Gasteiger partial charge in [-0.15, -0.1) is 0 Å². The molecule has 0 aromatic rings. The van der Waals surface area contributed by atoms with Crippen molar-refractivity contribution < 1.29 is 38.2 Å². The highest BCUT2D eigenvalue weighted by Gasteiger charge is 2.31.